The minimum atomic E-state index is -1.15. The van der Waals surface area contributed by atoms with Gasteiger partial charge < -0.3 is 20.5 Å². The van der Waals surface area contributed by atoms with Crippen molar-refractivity contribution in [2.24, 2.45) is 0 Å². The van der Waals surface area contributed by atoms with Crippen LogP contribution in [0.5, 0.6) is 0 Å². The number of allylic oxidation sites excluding steroid dienone is 5. The molecule has 0 aliphatic carbocycles. The Morgan fingerprint density at radius 2 is 1.33 bits per heavy atom. The number of ether oxygens (including phenoxy) is 1. The summed E-state index contributed by atoms with van der Waals surface area (Å²) in [6.07, 6.45) is 9.95. The van der Waals surface area contributed by atoms with Gasteiger partial charge in [0.25, 0.3) is 0 Å². The van der Waals surface area contributed by atoms with Crippen molar-refractivity contribution < 1.29 is 24.2 Å². The molecule has 2 rings (SSSR count). The zero-order chi connectivity index (χ0) is 34.1. The number of alkyl carbamates (subject to hydrolysis) is 1. The molecule has 0 radical (unpaired) electrons. The maximum absolute atomic E-state index is 13.9. The summed E-state index contributed by atoms with van der Waals surface area (Å²) >= 11 is 1.44. The van der Waals surface area contributed by atoms with E-state index >= 15 is 0 Å². The summed E-state index contributed by atoms with van der Waals surface area (Å²) in [4.78, 5) is 39.1. The lowest BCUT2D eigenvalue weighted by molar-refractivity contribution is -0.141. The Balaban J connectivity index is 2.14. The fraction of sp³-hybridized carbons (Fsp3) is 0.447. The second-order valence-electron chi connectivity index (χ2n) is 12.8. The Bertz CT molecular complexity index is 1300. The van der Waals surface area contributed by atoms with Crippen LogP contribution in [-0.4, -0.2) is 52.3 Å². The lowest BCUT2D eigenvalue weighted by Gasteiger charge is -2.30. The van der Waals surface area contributed by atoms with Crippen LogP contribution < -0.4 is 10.6 Å². The van der Waals surface area contributed by atoms with E-state index in [4.69, 9.17) is 4.74 Å². The number of nitrogens with one attached hydrogen (secondary N) is 2. The minimum absolute atomic E-state index is 0.175. The molecular formula is C38H52N2O5S. The standard InChI is InChI=1S/C38H52N2O5S/c1-27(2)16-14-17-28(3)18-15-19-29(4)24-25-46-26-32(36(42)43)39-35(41)34(40-37(44)45-38(5,6)7)33(30-20-10-8-11-21-30)31-22-12-9-13-23-31/h8-13,16,18,20-24,32-34H,14-15,17,19,25-26H2,1-7H3,(H,39,41)(H,40,44)(H,42,43)/b28-18+,29-24+. The Morgan fingerprint density at radius 1 is 0.804 bits per heavy atom. The highest BCUT2D eigenvalue weighted by molar-refractivity contribution is 7.99. The quantitative estimate of drug-likeness (QED) is 0.117. The van der Waals surface area contributed by atoms with Crippen molar-refractivity contribution in [1.29, 1.82) is 0 Å². The average molecular weight is 649 g/mol. The number of carboxylic acid groups (broad SMARTS) is 1. The summed E-state index contributed by atoms with van der Waals surface area (Å²) in [6.45, 7) is 13.7. The lowest BCUT2D eigenvalue weighted by atomic mass is 9.84. The number of thioether (sulfide) groups is 1. The van der Waals surface area contributed by atoms with E-state index in [2.05, 4.69) is 56.6 Å². The Hall–Kier alpha value is -3.78. The lowest BCUT2D eigenvalue weighted by Crippen LogP contribution is -2.55. The first-order valence-corrected chi connectivity index (χ1v) is 17.1. The first-order chi connectivity index (χ1) is 21.8. The van der Waals surface area contributed by atoms with Gasteiger partial charge in [0, 0.05) is 17.4 Å². The average Bonchev–Trinajstić information content (AvgIpc) is 2.98. The highest BCUT2D eigenvalue weighted by atomic mass is 32.2. The summed E-state index contributed by atoms with van der Waals surface area (Å²) in [6, 6.07) is 16.5. The predicted octanol–water partition coefficient (Wildman–Crippen LogP) is 8.43. The van der Waals surface area contributed by atoms with Gasteiger partial charge in [0.2, 0.25) is 5.91 Å². The molecule has 3 N–H and O–H groups in total. The fourth-order valence-corrected chi connectivity index (χ4v) is 5.80. The SMILES string of the molecule is CC(C)=CCC/C(C)=C/CC/C(C)=C/CSCC(NC(=O)C(NC(=O)OC(C)(C)C)C(c1ccccc1)c1ccccc1)C(=O)O. The first-order valence-electron chi connectivity index (χ1n) is 15.9. The molecule has 0 saturated heterocycles. The molecule has 0 aliphatic rings. The number of carbonyl (C=O) groups is 3. The van der Waals surface area contributed by atoms with Gasteiger partial charge in [-0.1, -0.05) is 95.6 Å². The number of aliphatic carboxylic acids is 1. The first kappa shape index (κ1) is 38.4. The molecule has 7 nitrogen and oxygen atoms in total. The van der Waals surface area contributed by atoms with Crippen molar-refractivity contribution in [3.05, 3.63) is 107 Å². The van der Waals surface area contributed by atoms with Crippen LogP contribution in [0.15, 0.2) is 95.6 Å². The van der Waals surface area contributed by atoms with E-state index in [0.717, 1.165) is 36.8 Å². The van der Waals surface area contributed by atoms with Gasteiger partial charge in [0.15, 0.2) is 0 Å². The normalized spacial score (nSPS) is 13.5. The molecule has 8 heteroatoms. The molecule has 0 aromatic heterocycles. The third kappa shape index (κ3) is 15.0. The number of carboxylic acids is 1. The molecule has 2 unspecified atom stereocenters. The van der Waals surface area contributed by atoms with Crippen LogP contribution in [0.25, 0.3) is 0 Å². The van der Waals surface area contributed by atoms with Crippen LogP contribution >= 0.6 is 11.8 Å². The molecule has 0 heterocycles. The van der Waals surface area contributed by atoms with E-state index in [-0.39, 0.29) is 5.75 Å². The van der Waals surface area contributed by atoms with Crippen molar-refractivity contribution in [3.8, 4) is 0 Å². The van der Waals surface area contributed by atoms with E-state index in [9.17, 15) is 19.5 Å². The predicted molar refractivity (Wildman–Crippen MR) is 190 cm³/mol. The van der Waals surface area contributed by atoms with Crippen LogP contribution in [0.2, 0.25) is 0 Å². The van der Waals surface area contributed by atoms with E-state index < -0.39 is 41.6 Å². The van der Waals surface area contributed by atoms with Crippen LogP contribution in [0.4, 0.5) is 4.79 Å². The zero-order valence-corrected chi connectivity index (χ0v) is 29.3. The molecule has 2 atom stereocenters. The summed E-state index contributed by atoms with van der Waals surface area (Å²) in [7, 11) is 0. The maximum atomic E-state index is 13.9. The smallest absolute Gasteiger partial charge is 0.408 e. The van der Waals surface area contributed by atoms with Crippen LogP contribution in [0, 0.1) is 0 Å². The second kappa shape index (κ2) is 19.7. The molecule has 0 spiro atoms. The summed E-state index contributed by atoms with van der Waals surface area (Å²) in [5.41, 5.74) is 4.78. The summed E-state index contributed by atoms with van der Waals surface area (Å²) < 4.78 is 5.50. The van der Waals surface area contributed by atoms with Crippen LogP contribution in [0.3, 0.4) is 0 Å². The van der Waals surface area contributed by atoms with E-state index in [0.29, 0.717) is 5.75 Å². The number of hydrogen-bond acceptors (Lipinski definition) is 5. The number of rotatable bonds is 17. The number of hydrogen-bond donors (Lipinski definition) is 3. The van der Waals surface area contributed by atoms with Crippen LogP contribution in [-0.2, 0) is 14.3 Å². The largest absolute Gasteiger partial charge is 0.480 e. The van der Waals surface area contributed by atoms with Gasteiger partial charge in [-0.3, -0.25) is 4.79 Å². The molecular weight excluding hydrogens is 596 g/mol. The molecule has 2 amide bonds. The zero-order valence-electron chi connectivity index (χ0n) is 28.5. The van der Waals surface area contributed by atoms with Gasteiger partial charge in [-0.15, -0.1) is 0 Å². The van der Waals surface area contributed by atoms with Gasteiger partial charge in [-0.2, -0.15) is 11.8 Å². The Labute approximate surface area is 280 Å². The molecule has 250 valence electrons. The Morgan fingerprint density at radius 3 is 1.83 bits per heavy atom. The molecule has 46 heavy (non-hydrogen) atoms. The molecule has 0 aliphatic heterocycles. The second-order valence-corrected chi connectivity index (χ2v) is 13.9. The molecule has 0 bridgehead atoms. The molecule has 0 fully saturated rings. The third-order valence-electron chi connectivity index (χ3n) is 7.18. The van der Waals surface area contributed by atoms with Gasteiger partial charge in [-0.25, -0.2) is 9.59 Å². The maximum Gasteiger partial charge on any atom is 0.408 e. The molecule has 0 saturated carbocycles. The van der Waals surface area contributed by atoms with Crippen molar-refractivity contribution in [2.75, 3.05) is 11.5 Å². The number of carbonyl (C=O) groups excluding carboxylic acids is 2. The van der Waals surface area contributed by atoms with E-state index in [1.54, 1.807) is 20.8 Å². The van der Waals surface area contributed by atoms with E-state index in [1.165, 1.54) is 28.5 Å². The highest BCUT2D eigenvalue weighted by Gasteiger charge is 2.35. The van der Waals surface area contributed by atoms with Gasteiger partial charge in [0.05, 0.1) is 0 Å². The van der Waals surface area contributed by atoms with Crippen LogP contribution in [0.1, 0.15) is 91.2 Å². The Kier molecular flexibility index (Phi) is 16.4. The summed E-state index contributed by atoms with van der Waals surface area (Å²) in [5.74, 6) is -1.52. The van der Waals surface area contributed by atoms with Crippen molar-refractivity contribution in [1.82, 2.24) is 10.6 Å². The van der Waals surface area contributed by atoms with Crippen molar-refractivity contribution >= 4 is 29.7 Å². The molecule has 2 aromatic rings. The highest BCUT2D eigenvalue weighted by Crippen LogP contribution is 2.29. The minimum Gasteiger partial charge on any atom is -0.480 e. The fourth-order valence-electron chi connectivity index (χ4n) is 4.80. The van der Waals surface area contributed by atoms with E-state index in [1.807, 2.05) is 60.7 Å². The van der Waals surface area contributed by atoms with Gasteiger partial charge in [0.1, 0.15) is 17.7 Å². The topological polar surface area (TPSA) is 105 Å². The monoisotopic (exact) mass is 648 g/mol. The van der Waals surface area contributed by atoms with Crippen molar-refractivity contribution in [2.45, 2.75) is 97.8 Å². The third-order valence-corrected chi connectivity index (χ3v) is 8.15. The molecule has 2 aromatic carbocycles. The van der Waals surface area contributed by atoms with Crippen molar-refractivity contribution in [3.63, 3.8) is 0 Å². The summed E-state index contributed by atoms with van der Waals surface area (Å²) in [5, 5.41) is 15.5. The number of amides is 2. The van der Waals surface area contributed by atoms with Gasteiger partial charge in [-0.05, 0) is 85.3 Å². The van der Waals surface area contributed by atoms with Gasteiger partial charge >= 0.3 is 12.1 Å². The number of benzene rings is 2.